The molecule has 0 radical (unpaired) electrons. The second-order valence-corrected chi connectivity index (χ2v) is 5.30. The monoisotopic (exact) mass is 291 g/mol. The predicted molar refractivity (Wildman–Crippen MR) is 88.7 cm³/mol. The van der Waals surface area contributed by atoms with E-state index in [2.05, 4.69) is 60.6 Å². The first-order valence-corrected chi connectivity index (χ1v) is 7.95. The van der Waals surface area contributed by atoms with E-state index in [0.29, 0.717) is 6.54 Å². The van der Waals surface area contributed by atoms with Crippen molar-refractivity contribution in [3.8, 4) is 0 Å². The zero-order valence-electron chi connectivity index (χ0n) is 13.6. The minimum absolute atomic E-state index is 0.0679. The standard InChI is InChI=1S/C17H29N3O/c1-4-20(5-2)14-6-12-18-17(21)19-13-11-16-9-7-15(3)8-10-16/h7-10H,4-6,11-14H2,1-3H3,(H2,18,19,21). The summed E-state index contributed by atoms with van der Waals surface area (Å²) >= 11 is 0. The summed E-state index contributed by atoms with van der Waals surface area (Å²) in [6.45, 7) is 11.0. The number of hydrogen-bond donors (Lipinski definition) is 2. The molecule has 0 aliphatic heterocycles. The van der Waals surface area contributed by atoms with Gasteiger partial charge in [0.05, 0.1) is 0 Å². The zero-order chi connectivity index (χ0) is 15.5. The first kappa shape index (κ1) is 17.5. The lowest BCUT2D eigenvalue weighted by Gasteiger charge is -2.17. The van der Waals surface area contributed by atoms with E-state index < -0.39 is 0 Å². The topological polar surface area (TPSA) is 44.4 Å². The van der Waals surface area contributed by atoms with E-state index in [9.17, 15) is 4.79 Å². The number of hydrogen-bond acceptors (Lipinski definition) is 2. The van der Waals surface area contributed by atoms with Crippen LogP contribution in [0, 0.1) is 6.92 Å². The average Bonchev–Trinajstić information content (AvgIpc) is 2.49. The molecule has 2 amide bonds. The van der Waals surface area contributed by atoms with Gasteiger partial charge in [0.15, 0.2) is 0 Å². The number of urea groups is 1. The van der Waals surface area contributed by atoms with Crippen LogP contribution in [0.5, 0.6) is 0 Å². The largest absolute Gasteiger partial charge is 0.338 e. The molecule has 0 aromatic heterocycles. The van der Waals surface area contributed by atoms with Crippen LogP contribution in [-0.4, -0.2) is 43.7 Å². The average molecular weight is 291 g/mol. The van der Waals surface area contributed by atoms with Crippen LogP contribution < -0.4 is 10.6 Å². The Hall–Kier alpha value is -1.55. The highest BCUT2D eigenvalue weighted by atomic mass is 16.2. The lowest BCUT2D eigenvalue weighted by atomic mass is 10.1. The van der Waals surface area contributed by atoms with Gasteiger partial charge in [0.1, 0.15) is 0 Å². The zero-order valence-corrected chi connectivity index (χ0v) is 13.6. The fraction of sp³-hybridized carbons (Fsp3) is 0.588. The lowest BCUT2D eigenvalue weighted by Crippen LogP contribution is -2.38. The van der Waals surface area contributed by atoms with Crippen LogP contribution in [0.1, 0.15) is 31.4 Å². The molecule has 0 atom stereocenters. The molecule has 118 valence electrons. The van der Waals surface area contributed by atoms with Crippen LogP contribution in [-0.2, 0) is 6.42 Å². The molecule has 0 fully saturated rings. The summed E-state index contributed by atoms with van der Waals surface area (Å²) in [5, 5.41) is 5.80. The molecular weight excluding hydrogens is 262 g/mol. The van der Waals surface area contributed by atoms with Gasteiger partial charge in [-0.25, -0.2) is 4.79 Å². The summed E-state index contributed by atoms with van der Waals surface area (Å²) in [6, 6.07) is 8.35. The molecule has 2 N–H and O–H groups in total. The Balaban J connectivity index is 2.07. The normalized spacial score (nSPS) is 10.7. The van der Waals surface area contributed by atoms with Crippen LogP contribution in [0.2, 0.25) is 0 Å². The fourth-order valence-electron chi connectivity index (χ4n) is 2.18. The molecule has 4 heteroatoms. The van der Waals surface area contributed by atoms with Gasteiger partial charge >= 0.3 is 6.03 Å². The first-order chi connectivity index (χ1) is 10.2. The van der Waals surface area contributed by atoms with Crippen LogP contribution in [0.25, 0.3) is 0 Å². The summed E-state index contributed by atoms with van der Waals surface area (Å²) in [5.41, 5.74) is 2.51. The van der Waals surface area contributed by atoms with Gasteiger partial charge in [0.25, 0.3) is 0 Å². The summed E-state index contributed by atoms with van der Waals surface area (Å²) in [4.78, 5) is 14.0. The summed E-state index contributed by atoms with van der Waals surface area (Å²) in [5.74, 6) is 0. The van der Waals surface area contributed by atoms with Crippen LogP contribution in [0.4, 0.5) is 4.79 Å². The SMILES string of the molecule is CCN(CC)CCCNC(=O)NCCc1ccc(C)cc1. The van der Waals surface area contributed by atoms with E-state index in [-0.39, 0.29) is 6.03 Å². The second-order valence-electron chi connectivity index (χ2n) is 5.30. The summed E-state index contributed by atoms with van der Waals surface area (Å²) in [7, 11) is 0. The molecular formula is C17H29N3O. The maximum absolute atomic E-state index is 11.6. The Morgan fingerprint density at radius 1 is 1.05 bits per heavy atom. The fourth-order valence-corrected chi connectivity index (χ4v) is 2.18. The van der Waals surface area contributed by atoms with E-state index in [0.717, 1.165) is 39.0 Å². The maximum Gasteiger partial charge on any atom is 0.314 e. The second kappa shape index (κ2) is 10.2. The van der Waals surface area contributed by atoms with Gasteiger partial charge in [0, 0.05) is 13.1 Å². The highest BCUT2D eigenvalue weighted by Gasteiger charge is 2.01. The number of nitrogens with one attached hydrogen (secondary N) is 2. The number of rotatable bonds is 9. The van der Waals surface area contributed by atoms with Crippen LogP contribution in [0.3, 0.4) is 0 Å². The van der Waals surface area contributed by atoms with Crippen molar-refractivity contribution in [1.29, 1.82) is 0 Å². The number of nitrogens with zero attached hydrogens (tertiary/aromatic N) is 1. The smallest absolute Gasteiger partial charge is 0.314 e. The summed E-state index contributed by atoms with van der Waals surface area (Å²) in [6.07, 6.45) is 1.86. The van der Waals surface area contributed by atoms with Gasteiger partial charge in [-0.3, -0.25) is 0 Å². The number of amides is 2. The Bertz CT molecular complexity index is 399. The molecule has 0 saturated carbocycles. The molecule has 0 saturated heterocycles. The first-order valence-electron chi connectivity index (χ1n) is 7.95. The molecule has 0 unspecified atom stereocenters. The Labute approximate surface area is 128 Å². The Morgan fingerprint density at radius 3 is 2.29 bits per heavy atom. The molecule has 4 nitrogen and oxygen atoms in total. The number of carbonyl (C=O) groups excluding carboxylic acids is 1. The molecule has 1 aromatic carbocycles. The number of carbonyl (C=O) groups is 1. The number of aryl methyl sites for hydroxylation is 1. The van der Waals surface area contributed by atoms with E-state index in [4.69, 9.17) is 0 Å². The summed E-state index contributed by atoms with van der Waals surface area (Å²) < 4.78 is 0. The third-order valence-corrected chi connectivity index (χ3v) is 3.65. The Kier molecular flexibility index (Phi) is 8.51. The minimum atomic E-state index is -0.0679. The third kappa shape index (κ3) is 7.71. The Morgan fingerprint density at radius 2 is 1.67 bits per heavy atom. The van der Waals surface area contributed by atoms with Gasteiger partial charge in [-0.05, 0) is 45.0 Å². The van der Waals surface area contributed by atoms with E-state index in [1.807, 2.05) is 0 Å². The van der Waals surface area contributed by atoms with Crippen molar-refractivity contribution in [2.45, 2.75) is 33.6 Å². The van der Waals surface area contributed by atoms with Crippen molar-refractivity contribution in [2.24, 2.45) is 0 Å². The quantitative estimate of drug-likeness (QED) is 0.687. The van der Waals surface area contributed by atoms with Gasteiger partial charge in [-0.15, -0.1) is 0 Å². The highest BCUT2D eigenvalue weighted by molar-refractivity contribution is 5.73. The number of benzene rings is 1. The molecule has 0 bridgehead atoms. The van der Waals surface area contributed by atoms with E-state index in [1.165, 1.54) is 11.1 Å². The predicted octanol–water partition coefficient (Wildman–Crippen LogP) is 2.57. The van der Waals surface area contributed by atoms with Crippen molar-refractivity contribution in [1.82, 2.24) is 15.5 Å². The highest BCUT2D eigenvalue weighted by Crippen LogP contribution is 2.02. The molecule has 0 spiro atoms. The molecule has 0 aliphatic carbocycles. The molecule has 0 heterocycles. The molecule has 1 aromatic rings. The van der Waals surface area contributed by atoms with Crippen molar-refractivity contribution < 1.29 is 4.79 Å². The molecule has 1 rings (SSSR count). The van der Waals surface area contributed by atoms with Gasteiger partial charge in [0.2, 0.25) is 0 Å². The van der Waals surface area contributed by atoms with Crippen LogP contribution >= 0.6 is 0 Å². The van der Waals surface area contributed by atoms with E-state index >= 15 is 0 Å². The molecule has 21 heavy (non-hydrogen) atoms. The van der Waals surface area contributed by atoms with Crippen molar-refractivity contribution in [3.63, 3.8) is 0 Å². The lowest BCUT2D eigenvalue weighted by molar-refractivity contribution is 0.239. The van der Waals surface area contributed by atoms with Gasteiger partial charge in [-0.1, -0.05) is 43.7 Å². The van der Waals surface area contributed by atoms with Crippen molar-refractivity contribution in [2.75, 3.05) is 32.7 Å². The third-order valence-electron chi connectivity index (χ3n) is 3.65. The maximum atomic E-state index is 11.6. The molecule has 0 aliphatic rings. The van der Waals surface area contributed by atoms with Crippen molar-refractivity contribution in [3.05, 3.63) is 35.4 Å². The minimum Gasteiger partial charge on any atom is -0.338 e. The van der Waals surface area contributed by atoms with Crippen LogP contribution in [0.15, 0.2) is 24.3 Å². The van der Waals surface area contributed by atoms with Gasteiger partial charge in [-0.2, -0.15) is 0 Å². The van der Waals surface area contributed by atoms with Gasteiger partial charge < -0.3 is 15.5 Å². The van der Waals surface area contributed by atoms with Crippen molar-refractivity contribution >= 4 is 6.03 Å². The van der Waals surface area contributed by atoms with E-state index in [1.54, 1.807) is 0 Å².